The molecular formula is C21H28FN5O4S. The van der Waals surface area contributed by atoms with E-state index in [1.807, 2.05) is 0 Å². The van der Waals surface area contributed by atoms with Gasteiger partial charge in [-0.3, -0.25) is 9.79 Å². The standard InChI is InChI=1S/C17H20FN5O4S.C4H8/c1-10(19)22-15(9-28(3,25)26)12-6-11(4-5-13(12)18)23-17(24)14-7-21-16(27-2)8-20-14;1-2-4-3-1/h4-8,15H,9H2,1-3H3,(H2,19,22)(H,23,24);1-4H2. The predicted molar refractivity (Wildman–Crippen MR) is 121 cm³/mol. The minimum absolute atomic E-state index is 0.00570. The molecule has 32 heavy (non-hydrogen) atoms. The molecule has 1 unspecified atom stereocenters. The topological polar surface area (TPSA) is 137 Å². The van der Waals surface area contributed by atoms with Gasteiger partial charge in [-0.15, -0.1) is 0 Å². The highest BCUT2D eigenvalue weighted by atomic mass is 32.2. The number of nitrogens with two attached hydrogens (primary N) is 1. The molecule has 1 aromatic heterocycles. The number of rotatable bonds is 7. The third-order valence-electron chi connectivity index (χ3n) is 4.50. The molecule has 0 spiro atoms. The maximum Gasteiger partial charge on any atom is 0.275 e. The number of hydrogen-bond donors (Lipinski definition) is 2. The molecule has 1 atom stereocenters. The number of hydrogen-bond acceptors (Lipinski definition) is 7. The van der Waals surface area contributed by atoms with Crippen LogP contribution in [0.25, 0.3) is 0 Å². The van der Waals surface area contributed by atoms with Gasteiger partial charge in [0.05, 0.1) is 37.1 Å². The highest BCUT2D eigenvalue weighted by molar-refractivity contribution is 7.90. The Hall–Kier alpha value is -3.08. The number of aliphatic imine (C=N–C) groups is 1. The number of ether oxygens (including phenoxy) is 1. The Labute approximate surface area is 187 Å². The zero-order valence-corrected chi connectivity index (χ0v) is 19.2. The molecule has 0 bridgehead atoms. The van der Waals surface area contributed by atoms with Crippen LogP contribution in [0.3, 0.4) is 0 Å². The number of benzene rings is 1. The molecule has 1 saturated carbocycles. The van der Waals surface area contributed by atoms with Gasteiger partial charge in [0.1, 0.15) is 21.3 Å². The number of sulfone groups is 1. The van der Waals surface area contributed by atoms with Crippen LogP contribution in [0.15, 0.2) is 35.6 Å². The molecule has 11 heteroatoms. The molecule has 1 heterocycles. The van der Waals surface area contributed by atoms with Crippen LogP contribution in [0.1, 0.15) is 54.7 Å². The summed E-state index contributed by atoms with van der Waals surface area (Å²) in [6, 6.07) is 2.72. The first kappa shape index (κ1) is 25.2. The summed E-state index contributed by atoms with van der Waals surface area (Å²) in [7, 11) is -2.05. The van der Waals surface area contributed by atoms with E-state index >= 15 is 0 Å². The van der Waals surface area contributed by atoms with Crippen LogP contribution in [0.5, 0.6) is 5.88 Å². The molecule has 3 N–H and O–H groups in total. The van der Waals surface area contributed by atoms with E-state index < -0.39 is 33.4 Å². The van der Waals surface area contributed by atoms with Gasteiger partial charge in [-0.2, -0.15) is 0 Å². The van der Waals surface area contributed by atoms with E-state index in [1.165, 1.54) is 64.2 Å². The largest absolute Gasteiger partial charge is 0.480 e. The monoisotopic (exact) mass is 465 g/mol. The van der Waals surface area contributed by atoms with Crippen molar-refractivity contribution in [2.24, 2.45) is 10.7 Å². The van der Waals surface area contributed by atoms with E-state index in [2.05, 4.69) is 20.3 Å². The van der Waals surface area contributed by atoms with E-state index in [9.17, 15) is 17.6 Å². The number of amidine groups is 1. The van der Waals surface area contributed by atoms with Crippen LogP contribution in [-0.2, 0) is 9.84 Å². The summed E-state index contributed by atoms with van der Waals surface area (Å²) in [5.74, 6) is -1.32. The van der Waals surface area contributed by atoms with Crippen molar-refractivity contribution in [2.45, 2.75) is 38.6 Å². The molecule has 1 aliphatic carbocycles. The highest BCUT2D eigenvalue weighted by Gasteiger charge is 2.21. The number of methoxy groups -OCH3 is 1. The first-order valence-corrected chi connectivity index (χ1v) is 12.1. The molecule has 1 aromatic carbocycles. The second-order valence-corrected chi connectivity index (χ2v) is 9.61. The van der Waals surface area contributed by atoms with Crippen molar-refractivity contribution in [3.63, 3.8) is 0 Å². The lowest BCUT2D eigenvalue weighted by Gasteiger charge is -2.15. The van der Waals surface area contributed by atoms with Crippen LogP contribution in [0.2, 0.25) is 0 Å². The Bertz CT molecular complexity index is 1050. The number of halogens is 1. The molecule has 1 aliphatic rings. The number of anilines is 1. The quantitative estimate of drug-likeness (QED) is 0.474. The average molecular weight is 466 g/mol. The Morgan fingerprint density at radius 2 is 1.91 bits per heavy atom. The van der Waals surface area contributed by atoms with Crippen molar-refractivity contribution >= 4 is 27.3 Å². The summed E-state index contributed by atoms with van der Waals surface area (Å²) < 4.78 is 42.6. The fraction of sp³-hybridized carbons (Fsp3) is 0.429. The first-order chi connectivity index (χ1) is 15.1. The Morgan fingerprint density at radius 1 is 1.25 bits per heavy atom. The molecule has 9 nitrogen and oxygen atoms in total. The summed E-state index contributed by atoms with van der Waals surface area (Å²) >= 11 is 0. The molecule has 0 saturated heterocycles. The van der Waals surface area contributed by atoms with Crippen LogP contribution in [0, 0.1) is 5.82 Å². The maximum absolute atomic E-state index is 14.3. The minimum Gasteiger partial charge on any atom is -0.480 e. The van der Waals surface area contributed by atoms with Crippen molar-refractivity contribution in [3.8, 4) is 5.88 Å². The lowest BCUT2D eigenvalue weighted by Crippen LogP contribution is -2.18. The lowest BCUT2D eigenvalue weighted by molar-refractivity contribution is 0.102. The van der Waals surface area contributed by atoms with Crippen molar-refractivity contribution in [3.05, 3.63) is 47.7 Å². The van der Waals surface area contributed by atoms with Gasteiger partial charge in [0.15, 0.2) is 0 Å². The van der Waals surface area contributed by atoms with E-state index in [-0.39, 0.29) is 28.7 Å². The predicted octanol–water partition coefficient (Wildman–Crippen LogP) is 2.90. The minimum atomic E-state index is -3.47. The zero-order chi connectivity index (χ0) is 23.7. The third kappa shape index (κ3) is 8.22. The van der Waals surface area contributed by atoms with Crippen LogP contribution >= 0.6 is 0 Å². The van der Waals surface area contributed by atoms with Gasteiger partial charge >= 0.3 is 0 Å². The Kier molecular flexibility index (Phi) is 9.06. The van der Waals surface area contributed by atoms with Gasteiger partial charge < -0.3 is 15.8 Å². The zero-order valence-electron chi connectivity index (χ0n) is 18.3. The van der Waals surface area contributed by atoms with E-state index in [1.54, 1.807) is 0 Å². The number of aromatic nitrogens is 2. The number of amides is 1. The average Bonchev–Trinajstić information content (AvgIpc) is 2.66. The second kappa shape index (κ2) is 11.5. The summed E-state index contributed by atoms with van der Waals surface area (Å²) in [4.78, 5) is 24.1. The van der Waals surface area contributed by atoms with Gasteiger partial charge in [0.25, 0.3) is 5.91 Å². The number of carbonyl (C=O) groups is 1. The van der Waals surface area contributed by atoms with Crippen molar-refractivity contribution in [1.82, 2.24) is 9.97 Å². The Morgan fingerprint density at radius 3 is 2.38 bits per heavy atom. The summed E-state index contributed by atoms with van der Waals surface area (Å²) in [5, 5.41) is 2.56. The fourth-order valence-corrected chi connectivity index (χ4v) is 3.42. The number of nitrogens with one attached hydrogen (secondary N) is 1. The normalized spacial score (nSPS) is 14.4. The van der Waals surface area contributed by atoms with Crippen molar-refractivity contribution < 1.29 is 22.3 Å². The SMILES string of the molecule is C1CCC1.COc1cnc(C(=O)Nc2ccc(F)c(C(CS(C)(=O)=O)N=C(C)N)c2)cn1. The number of carbonyl (C=O) groups excluding carboxylic acids is 1. The molecule has 3 rings (SSSR count). The van der Waals surface area contributed by atoms with Gasteiger partial charge in [-0.05, 0) is 25.1 Å². The molecule has 1 fully saturated rings. The highest BCUT2D eigenvalue weighted by Crippen LogP contribution is 2.26. The third-order valence-corrected chi connectivity index (χ3v) is 5.42. The lowest BCUT2D eigenvalue weighted by atomic mass is 10.0. The smallest absolute Gasteiger partial charge is 0.275 e. The molecule has 0 radical (unpaired) electrons. The molecule has 174 valence electrons. The van der Waals surface area contributed by atoms with Crippen LogP contribution < -0.4 is 15.8 Å². The van der Waals surface area contributed by atoms with Crippen LogP contribution in [0.4, 0.5) is 10.1 Å². The number of nitrogens with zero attached hydrogens (tertiary/aromatic N) is 3. The Balaban J connectivity index is 0.000000813. The molecule has 1 amide bonds. The van der Waals surface area contributed by atoms with Gasteiger partial charge in [0.2, 0.25) is 5.88 Å². The molecule has 2 aromatic rings. The maximum atomic E-state index is 14.3. The van der Waals surface area contributed by atoms with Crippen LogP contribution in [-0.4, -0.2) is 49.2 Å². The summed E-state index contributed by atoms with van der Waals surface area (Å²) in [6.07, 6.45) is 9.53. The van der Waals surface area contributed by atoms with E-state index in [0.29, 0.717) is 0 Å². The first-order valence-electron chi connectivity index (χ1n) is 10.0. The van der Waals surface area contributed by atoms with Crippen molar-refractivity contribution in [2.75, 3.05) is 24.4 Å². The summed E-state index contributed by atoms with van der Waals surface area (Å²) in [5.41, 5.74) is 5.81. The van der Waals surface area contributed by atoms with E-state index in [4.69, 9.17) is 10.5 Å². The molecule has 0 aliphatic heterocycles. The second-order valence-electron chi connectivity index (χ2n) is 7.43. The fourth-order valence-electron chi connectivity index (χ4n) is 2.59. The molecular weight excluding hydrogens is 437 g/mol. The van der Waals surface area contributed by atoms with Gasteiger partial charge in [0, 0.05) is 17.5 Å². The van der Waals surface area contributed by atoms with Gasteiger partial charge in [-0.25, -0.2) is 22.8 Å². The summed E-state index contributed by atoms with van der Waals surface area (Å²) in [6.45, 7) is 1.47. The van der Waals surface area contributed by atoms with E-state index in [0.717, 1.165) is 12.3 Å². The van der Waals surface area contributed by atoms with Crippen molar-refractivity contribution in [1.29, 1.82) is 0 Å². The van der Waals surface area contributed by atoms with Gasteiger partial charge in [-0.1, -0.05) is 25.7 Å².